The van der Waals surface area contributed by atoms with E-state index in [0.29, 0.717) is 6.04 Å². The van der Waals surface area contributed by atoms with Crippen molar-refractivity contribution in [2.45, 2.75) is 33.2 Å². The third-order valence-corrected chi connectivity index (χ3v) is 2.47. The first kappa shape index (κ1) is 9.25. The number of benzene rings is 1. The molecule has 0 fully saturated rings. The Balaban J connectivity index is 2.48. The van der Waals surface area contributed by atoms with Gasteiger partial charge >= 0.3 is 0 Å². The van der Waals surface area contributed by atoms with Crippen molar-refractivity contribution in [3.63, 3.8) is 0 Å². The minimum absolute atomic E-state index is 0.475. The number of aryl methyl sites for hydroxylation is 1. The van der Waals surface area contributed by atoms with Gasteiger partial charge in [-0.05, 0) is 38.5 Å². The summed E-state index contributed by atoms with van der Waals surface area (Å²) in [6.07, 6.45) is 1.02. The molecule has 2 nitrogen and oxygen atoms in total. The lowest BCUT2D eigenvalue weighted by atomic mass is 10.1. The van der Waals surface area contributed by atoms with Crippen LogP contribution in [0.4, 0.5) is 11.4 Å². The summed E-state index contributed by atoms with van der Waals surface area (Å²) in [5.41, 5.74) is 4.69. The zero-order valence-corrected chi connectivity index (χ0v) is 8.96. The molecule has 1 aliphatic heterocycles. The molecule has 74 valence electrons. The monoisotopic (exact) mass is 188 g/mol. The van der Waals surface area contributed by atoms with E-state index in [1.165, 1.54) is 11.3 Å². The molecule has 1 atom stereocenters. The fraction of sp³-hybridized carbons (Fsp3) is 0.417. The summed E-state index contributed by atoms with van der Waals surface area (Å²) in [4.78, 5) is 4.60. The van der Waals surface area contributed by atoms with Crippen molar-refractivity contribution in [1.29, 1.82) is 0 Å². The SMILES string of the molecule is CC1=Nc2cc(C)ccc2N[C@H](C)C1. The molecule has 0 amide bonds. The average Bonchev–Trinajstić information content (AvgIpc) is 2.21. The highest BCUT2D eigenvalue weighted by atomic mass is 15.0. The zero-order chi connectivity index (χ0) is 10.1. The molecule has 14 heavy (non-hydrogen) atoms. The van der Waals surface area contributed by atoms with E-state index < -0.39 is 0 Å². The highest BCUT2D eigenvalue weighted by molar-refractivity contribution is 5.89. The second kappa shape index (κ2) is 3.45. The van der Waals surface area contributed by atoms with Crippen molar-refractivity contribution in [1.82, 2.24) is 0 Å². The number of hydrogen-bond acceptors (Lipinski definition) is 2. The topological polar surface area (TPSA) is 24.4 Å². The standard InChI is InChI=1S/C12H16N2/c1-8-4-5-11-12(6-8)14-10(3)7-9(2)13-11/h4-6,9,13H,7H2,1-3H3/t9-/m1/s1. The Morgan fingerprint density at radius 1 is 1.36 bits per heavy atom. The maximum Gasteiger partial charge on any atom is 0.0862 e. The Morgan fingerprint density at radius 3 is 2.93 bits per heavy atom. The van der Waals surface area contributed by atoms with Crippen molar-refractivity contribution in [2.75, 3.05) is 5.32 Å². The van der Waals surface area contributed by atoms with E-state index in [2.05, 4.69) is 49.3 Å². The molecule has 1 heterocycles. The van der Waals surface area contributed by atoms with Gasteiger partial charge in [-0.15, -0.1) is 0 Å². The molecule has 2 rings (SSSR count). The molecule has 1 aromatic rings. The van der Waals surface area contributed by atoms with Gasteiger partial charge in [0, 0.05) is 18.2 Å². The summed E-state index contributed by atoms with van der Waals surface area (Å²) < 4.78 is 0. The average molecular weight is 188 g/mol. The first-order valence-electron chi connectivity index (χ1n) is 5.06. The van der Waals surface area contributed by atoms with Crippen molar-refractivity contribution in [3.05, 3.63) is 23.8 Å². The lowest BCUT2D eigenvalue weighted by Crippen LogP contribution is -2.16. The first-order chi connectivity index (χ1) is 6.65. The highest BCUT2D eigenvalue weighted by Gasteiger charge is 2.11. The van der Waals surface area contributed by atoms with Crippen molar-refractivity contribution >= 4 is 17.1 Å². The number of anilines is 1. The van der Waals surface area contributed by atoms with E-state index >= 15 is 0 Å². The van der Waals surface area contributed by atoms with Gasteiger partial charge in [-0.1, -0.05) is 6.07 Å². The molecule has 0 aromatic heterocycles. The summed E-state index contributed by atoms with van der Waals surface area (Å²) in [6.45, 7) is 6.38. The Kier molecular flexibility index (Phi) is 2.28. The summed E-state index contributed by atoms with van der Waals surface area (Å²) in [5, 5.41) is 3.47. The van der Waals surface area contributed by atoms with Crippen LogP contribution in [0.15, 0.2) is 23.2 Å². The molecule has 0 saturated carbocycles. The summed E-state index contributed by atoms with van der Waals surface area (Å²) >= 11 is 0. The van der Waals surface area contributed by atoms with Crippen LogP contribution in [0.5, 0.6) is 0 Å². The molecule has 1 N–H and O–H groups in total. The van der Waals surface area contributed by atoms with Crippen LogP contribution in [-0.2, 0) is 0 Å². The quantitative estimate of drug-likeness (QED) is 0.663. The lowest BCUT2D eigenvalue weighted by molar-refractivity contribution is 0.841. The van der Waals surface area contributed by atoms with Crippen LogP contribution in [0.25, 0.3) is 0 Å². The molecular formula is C12H16N2. The summed E-state index contributed by atoms with van der Waals surface area (Å²) in [7, 11) is 0. The van der Waals surface area contributed by atoms with Crippen LogP contribution in [0, 0.1) is 6.92 Å². The van der Waals surface area contributed by atoms with Gasteiger partial charge in [-0.3, -0.25) is 4.99 Å². The summed E-state index contributed by atoms with van der Waals surface area (Å²) in [5.74, 6) is 0. The van der Waals surface area contributed by atoms with Crippen LogP contribution < -0.4 is 5.32 Å². The highest BCUT2D eigenvalue weighted by Crippen LogP contribution is 2.29. The van der Waals surface area contributed by atoms with Crippen LogP contribution in [0.1, 0.15) is 25.8 Å². The molecule has 1 aromatic carbocycles. The number of hydrogen-bond donors (Lipinski definition) is 1. The Bertz CT molecular complexity index is 380. The van der Waals surface area contributed by atoms with Crippen LogP contribution in [0.3, 0.4) is 0 Å². The lowest BCUT2D eigenvalue weighted by Gasteiger charge is -2.12. The molecule has 2 heteroatoms. The van der Waals surface area contributed by atoms with Gasteiger partial charge in [0.15, 0.2) is 0 Å². The van der Waals surface area contributed by atoms with Gasteiger partial charge in [0.05, 0.1) is 11.4 Å². The van der Waals surface area contributed by atoms with Gasteiger partial charge in [-0.25, -0.2) is 0 Å². The van der Waals surface area contributed by atoms with E-state index in [1.54, 1.807) is 0 Å². The fourth-order valence-corrected chi connectivity index (χ4v) is 1.87. The number of nitrogens with zero attached hydrogens (tertiary/aromatic N) is 1. The zero-order valence-electron chi connectivity index (χ0n) is 8.96. The molecule has 0 aliphatic carbocycles. The molecule has 0 saturated heterocycles. The van der Waals surface area contributed by atoms with Crippen molar-refractivity contribution in [2.24, 2.45) is 4.99 Å². The minimum Gasteiger partial charge on any atom is -0.380 e. The van der Waals surface area contributed by atoms with E-state index in [1.807, 2.05) is 0 Å². The fourth-order valence-electron chi connectivity index (χ4n) is 1.87. The Morgan fingerprint density at radius 2 is 2.14 bits per heavy atom. The third kappa shape index (κ3) is 1.79. The smallest absolute Gasteiger partial charge is 0.0862 e. The molecular weight excluding hydrogens is 172 g/mol. The van der Waals surface area contributed by atoms with Crippen molar-refractivity contribution in [3.8, 4) is 0 Å². The molecule has 1 aliphatic rings. The molecule has 0 spiro atoms. The number of aliphatic imine (C=N–C) groups is 1. The largest absolute Gasteiger partial charge is 0.380 e. The van der Waals surface area contributed by atoms with E-state index in [-0.39, 0.29) is 0 Å². The number of nitrogens with one attached hydrogen (secondary N) is 1. The van der Waals surface area contributed by atoms with E-state index in [4.69, 9.17) is 0 Å². The third-order valence-electron chi connectivity index (χ3n) is 2.47. The first-order valence-corrected chi connectivity index (χ1v) is 5.06. The predicted octanol–water partition coefficient (Wildman–Crippen LogP) is 3.29. The Hall–Kier alpha value is -1.31. The van der Waals surface area contributed by atoms with Crippen LogP contribution in [0.2, 0.25) is 0 Å². The maximum atomic E-state index is 4.60. The number of rotatable bonds is 0. The predicted molar refractivity (Wildman–Crippen MR) is 61.6 cm³/mol. The minimum atomic E-state index is 0.475. The molecule has 0 unspecified atom stereocenters. The van der Waals surface area contributed by atoms with E-state index in [9.17, 15) is 0 Å². The second-order valence-corrected chi connectivity index (χ2v) is 4.12. The van der Waals surface area contributed by atoms with Crippen LogP contribution in [-0.4, -0.2) is 11.8 Å². The number of fused-ring (bicyclic) bond motifs is 1. The normalized spacial score (nSPS) is 20.5. The van der Waals surface area contributed by atoms with Gasteiger partial charge in [0.2, 0.25) is 0 Å². The van der Waals surface area contributed by atoms with Crippen molar-refractivity contribution < 1.29 is 0 Å². The molecule has 0 bridgehead atoms. The van der Waals surface area contributed by atoms with Crippen LogP contribution >= 0.6 is 0 Å². The second-order valence-electron chi connectivity index (χ2n) is 4.12. The van der Waals surface area contributed by atoms with Gasteiger partial charge in [0.25, 0.3) is 0 Å². The summed E-state index contributed by atoms with van der Waals surface area (Å²) in [6, 6.07) is 6.84. The van der Waals surface area contributed by atoms with Gasteiger partial charge in [0.1, 0.15) is 0 Å². The van der Waals surface area contributed by atoms with E-state index in [0.717, 1.165) is 17.8 Å². The van der Waals surface area contributed by atoms with Gasteiger partial charge < -0.3 is 5.32 Å². The van der Waals surface area contributed by atoms with Gasteiger partial charge in [-0.2, -0.15) is 0 Å². The Labute approximate surface area is 85.1 Å². The molecule has 0 radical (unpaired) electrons. The maximum absolute atomic E-state index is 4.60.